The monoisotopic (exact) mass is 516 g/mol. The van der Waals surface area contributed by atoms with Crippen LogP contribution < -0.4 is 0 Å². The molecule has 0 aliphatic heterocycles. The summed E-state index contributed by atoms with van der Waals surface area (Å²) in [5.41, 5.74) is -7.32. The van der Waals surface area contributed by atoms with Gasteiger partial charge in [-0.2, -0.15) is 0 Å². The summed E-state index contributed by atoms with van der Waals surface area (Å²) < 4.78 is 28.3. The summed E-state index contributed by atoms with van der Waals surface area (Å²) in [7, 11) is 0. The molecule has 200 valence electrons. The van der Waals surface area contributed by atoms with Crippen LogP contribution in [0.25, 0.3) is 0 Å². The fourth-order valence-corrected chi connectivity index (χ4v) is 7.57. The van der Waals surface area contributed by atoms with Crippen molar-refractivity contribution in [3.05, 3.63) is 23.8 Å². The quantitative estimate of drug-likeness (QED) is 0.494. The van der Waals surface area contributed by atoms with Crippen LogP contribution in [0.1, 0.15) is 66.7 Å². The van der Waals surface area contributed by atoms with Crippen molar-refractivity contribution in [1.82, 2.24) is 0 Å². The SMILES string of the molecule is CCC(=O)OCC(=O)[C@]1(OC(=O)CC)[C@@H](C)C[C@H]2[C@@H]3CC(=O)C4=CC(=O)C=C[C@]4(C)[C@@]3(F)C(=O)C[C@@]21C. The molecule has 7 atom stereocenters. The van der Waals surface area contributed by atoms with Crippen molar-refractivity contribution in [1.29, 1.82) is 0 Å². The van der Waals surface area contributed by atoms with Gasteiger partial charge in [0.2, 0.25) is 5.78 Å². The highest BCUT2D eigenvalue weighted by Crippen LogP contribution is 2.70. The normalized spacial score (nSPS) is 40.3. The van der Waals surface area contributed by atoms with Crippen molar-refractivity contribution >= 4 is 35.1 Å². The minimum absolute atomic E-state index is 0.0204. The Hall–Kier alpha value is -2.97. The van der Waals surface area contributed by atoms with Gasteiger partial charge in [0.1, 0.15) is 0 Å². The van der Waals surface area contributed by atoms with E-state index in [0.29, 0.717) is 0 Å². The van der Waals surface area contributed by atoms with Crippen molar-refractivity contribution in [2.45, 2.75) is 78.0 Å². The minimum atomic E-state index is -2.49. The van der Waals surface area contributed by atoms with Gasteiger partial charge in [-0.05, 0) is 31.4 Å². The van der Waals surface area contributed by atoms with Gasteiger partial charge in [0.25, 0.3) is 0 Å². The molecule has 0 bridgehead atoms. The van der Waals surface area contributed by atoms with E-state index in [4.69, 9.17) is 9.47 Å². The average Bonchev–Trinajstić information content (AvgIpc) is 3.07. The van der Waals surface area contributed by atoms with Crippen LogP contribution in [0.2, 0.25) is 0 Å². The number of alkyl halides is 1. The van der Waals surface area contributed by atoms with Crippen LogP contribution in [0.4, 0.5) is 4.39 Å². The number of fused-ring (bicyclic) bond motifs is 5. The lowest BCUT2D eigenvalue weighted by Gasteiger charge is -2.59. The number of allylic oxidation sites excluding steroid dienone is 4. The molecular formula is C28H33FO8. The first-order chi connectivity index (χ1) is 17.2. The molecule has 0 aromatic rings. The molecule has 3 saturated carbocycles. The van der Waals surface area contributed by atoms with Gasteiger partial charge in [-0.3, -0.25) is 28.8 Å². The molecule has 0 spiro atoms. The molecule has 3 fully saturated rings. The predicted molar refractivity (Wildman–Crippen MR) is 128 cm³/mol. The first kappa shape index (κ1) is 27.1. The summed E-state index contributed by atoms with van der Waals surface area (Å²) >= 11 is 0. The fraction of sp³-hybridized carbons (Fsp3) is 0.643. The second-order valence-electron chi connectivity index (χ2n) is 11.2. The lowest BCUT2D eigenvalue weighted by Crippen LogP contribution is -2.69. The first-order valence-electron chi connectivity index (χ1n) is 12.8. The molecular weight excluding hydrogens is 483 g/mol. The zero-order valence-electron chi connectivity index (χ0n) is 21.9. The third-order valence-electron chi connectivity index (χ3n) is 9.42. The number of rotatable bonds is 6. The zero-order chi connectivity index (χ0) is 27.6. The standard InChI is InChI=1S/C28H33FO8/c1-6-23(34)36-14-22(33)28(37-24(35)7-2)15(3)10-17-18-12-20(31)19-11-16(30)8-9-25(19,4)27(18,29)21(32)13-26(17,28)5/h8-9,11,15,17-18H,6-7,10,12-14H2,1-5H3/t15-,17-,18-,25-,26-,27-,28+/m0/s1. The number of halogens is 1. The highest BCUT2D eigenvalue weighted by atomic mass is 19.1. The molecule has 0 aromatic carbocycles. The molecule has 4 aliphatic carbocycles. The number of ketones is 4. The first-order valence-corrected chi connectivity index (χ1v) is 12.8. The third-order valence-corrected chi connectivity index (χ3v) is 9.42. The topological polar surface area (TPSA) is 121 Å². The number of hydrogen-bond acceptors (Lipinski definition) is 8. The number of carbonyl (C=O) groups excluding carboxylic acids is 6. The van der Waals surface area contributed by atoms with Crippen molar-refractivity contribution in [2.24, 2.45) is 28.6 Å². The second-order valence-corrected chi connectivity index (χ2v) is 11.2. The molecule has 8 nitrogen and oxygen atoms in total. The molecule has 4 aliphatic rings. The largest absolute Gasteiger partial charge is 0.457 e. The van der Waals surface area contributed by atoms with Crippen LogP contribution in [0.15, 0.2) is 23.8 Å². The van der Waals surface area contributed by atoms with E-state index in [0.717, 1.165) is 6.08 Å². The Labute approximate surface area is 215 Å². The molecule has 0 radical (unpaired) electrons. The maximum absolute atomic E-state index is 17.3. The molecule has 0 saturated heterocycles. The second kappa shape index (κ2) is 8.81. The molecule has 0 unspecified atom stereocenters. The van der Waals surface area contributed by atoms with Gasteiger partial charge < -0.3 is 9.47 Å². The molecule has 0 amide bonds. The van der Waals surface area contributed by atoms with Crippen LogP contribution >= 0.6 is 0 Å². The Kier molecular flexibility index (Phi) is 6.44. The highest BCUT2D eigenvalue weighted by Gasteiger charge is 2.78. The van der Waals surface area contributed by atoms with Gasteiger partial charge >= 0.3 is 11.9 Å². The number of carbonyl (C=O) groups is 6. The van der Waals surface area contributed by atoms with Gasteiger partial charge in [-0.15, -0.1) is 0 Å². The summed E-state index contributed by atoms with van der Waals surface area (Å²) in [6, 6.07) is 0. The van der Waals surface area contributed by atoms with E-state index in [-0.39, 0.29) is 31.3 Å². The van der Waals surface area contributed by atoms with Crippen LogP contribution in [-0.4, -0.2) is 52.9 Å². The van der Waals surface area contributed by atoms with E-state index in [1.807, 2.05) is 0 Å². The van der Waals surface area contributed by atoms with Gasteiger partial charge in [-0.25, -0.2) is 4.39 Å². The summed E-state index contributed by atoms with van der Waals surface area (Å²) in [6.45, 7) is 7.30. The van der Waals surface area contributed by atoms with E-state index in [2.05, 4.69) is 0 Å². The Bertz CT molecular complexity index is 1170. The maximum atomic E-state index is 17.3. The fourth-order valence-electron chi connectivity index (χ4n) is 7.57. The van der Waals surface area contributed by atoms with E-state index in [1.54, 1.807) is 27.7 Å². The molecule has 0 aromatic heterocycles. The van der Waals surface area contributed by atoms with Crippen LogP contribution in [-0.2, 0) is 38.2 Å². The smallest absolute Gasteiger partial charge is 0.306 e. The Balaban J connectivity index is 1.85. The number of hydrogen-bond donors (Lipinski definition) is 0. The molecule has 37 heavy (non-hydrogen) atoms. The molecule has 9 heteroatoms. The van der Waals surface area contributed by atoms with E-state index in [1.165, 1.54) is 19.1 Å². The van der Waals surface area contributed by atoms with Crippen molar-refractivity contribution in [2.75, 3.05) is 6.61 Å². The number of ether oxygens (including phenoxy) is 2. The van der Waals surface area contributed by atoms with Crippen LogP contribution in [0, 0.1) is 28.6 Å². The maximum Gasteiger partial charge on any atom is 0.306 e. The van der Waals surface area contributed by atoms with Crippen molar-refractivity contribution in [3.63, 3.8) is 0 Å². The van der Waals surface area contributed by atoms with Gasteiger partial charge in [0.15, 0.2) is 35.2 Å². The summed E-state index contributed by atoms with van der Waals surface area (Å²) in [4.78, 5) is 77.3. The van der Waals surface area contributed by atoms with E-state index in [9.17, 15) is 28.8 Å². The summed E-state index contributed by atoms with van der Waals surface area (Å²) in [6.07, 6.45) is 3.10. The average molecular weight is 517 g/mol. The molecule has 0 N–H and O–H groups in total. The lowest BCUT2D eigenvalue weighted by atomic mass is 9.45. The zero-order valence-corrected chi connectivity index (χ0v) is 21.9. The van der Waals surface area contributed by atoms with E-state index >= 15 is 4.39 Å². The summed E-state index contributed by atoms with van der Waals surface area (Å²) in [5, 5.41) is 0. The van der Waals surface area contributed by atoms with Crippen LogP contribution in [0.5, 0.6) is 0 Å². The van der Waals surface area contributed by atoms with Gasteiger partial charge in [-0.1, -0.05) is 33.8 Å². The van der Waals surface area contributed by atoms with Crippen molar-refractivity contribution < 1.29 is 42.6 Å². The number of Topliss-reactive ketones (excluding diaryl/α,β-unsaturated/α-hetero) is 3. The van der Waals surface area contributed by atoms with Crippen LogP contribution in [0.3, 0.4) is 0 Å². The molecule has 0 heterocycles. The lowest BCUT2D eigenvalue weighted by molar-refractivity contribution is -0.204. The van der Waals surface area contributed by atoms with Gasteiger partial charge in [0, 0.05) is 48.5 Å². The van der Waals surface area contributed by atoms with E-state index < -0.39 is 88.0 Å². The number of esters is 2. The van der Waals surface area contributed by atoms with Gasteiger partial charge in [0.05, 0.1) is 5.41 Å². The Morgan fingerprint density at radius 3 is 2.32 bits per heavy atom. The third kappa shape index (κ3) is 3.45. The predicted octanol–water partition coefficient (Wildman–Crippen LogP) is 3.20. The Morgan fingerprint density at radius 2 is 1.70 bits per heavy atom. The minimum Gasteiger partial charge on any atom is -0.457 e. The summed E-state index contributed by atoms with van der Waals surface area (Å²) in [5.74, 6) is -6.01. The van der Waals surface area contributed by atoms with Crippen molar-refractivity contribution in [3.8, 4) is 0 Å². The highest BCUT2D eigenvalue weighted by molar-refractivity contribution is 6.12. The Morgan fingerprint density at radius 1 is 1.05 bits per heavy atom. The molecule has 4 rings (SSSR count).